The molecule has 2 aromatic rings. The predicted octanol–water partition coefficient (Wildman–Crippen LogP) is 2.81. The van der Waals surface area contributed by atoms with Crippen molar-refractivity contribution in [2.75, 3.05) is 7.11 Å². The molecule has 0 spiro atoms. The lowest BCUT2D eigenvalue weighted by Crippen LogP contribution is -2.25. The second-order valence-electron chi connectivity index (χ2n) is 4.47. The third-order valence-corrected chi connectivity index (χ3v) is 3.02. The molecule has 2 aromatic carbocycles. The second-order valence-corrected chi connectivity index (χ2v) is 4.47. The third-order valence-electron chi connectivity index (χ3n) is 3.02. The Labute approximate surface area is 108 Å². The number of para-hydroxylation sites is 1. The van der Waals surface area contributed by atoms with E-state index >= 15 is 0 Å². The molecule has 1 atom stereocenters. The summed E-state index contributed by atoms with van der Waals surface area (Å²) in [6.45, 7) is 0. The van der Waals surface area contributed by atoms with E-state index in [0.29, 0.717) is 0 Å². The summed E-state index contributed by atoms with van der Waals surface area (Å²) in [5, 5.41) is 0. The molecule has 0 aliphatic heterocycles. The maximum Gasteiger partial charge on any atom is 0.122 e. The third kappa shape index (κ3) is 3.34. The highest BCUT2D eigenvalue weighted by Gasteiger charge is 2.08. The van der Waals surface area contributed by atoms with E-state index in [0.717, 1.165) is 18.6 Å². The molecule has 0 aliphatic carbocycles. The lowest BCUT2D eigenvalue weighted by Gasteiger charge is -2.14. The van der Waals surface area contributed by atoms with E-state index in [9.17, 15) is 0 Å². The molecule has 0 bridgehead atoms. The fraction of sp³-hybridized carbons (Fsp3) is 0.250. The first-order chi connectivity index (χ1) is 8.79. The zero-order chi connectivity index (χ0) is 12.8. The monoisotopic (exact) mass is 241 g/mol. The number of ether oxygens (including phenoxy) is 1. The SMILES string of the molecule is COc1ccccc1CC(N)Cc1ccccc1. The van der Waals surface area contributed by atoms with Gasteiger partial charge < -0.3 is 10.5 Å². The van der Waals surface area contributed by atoms with Crippen LogP contribution in [0.4, 0.5) is 0 Å². The summed E-state index contributed by atoms with van der Waals surface area (Å²) in [6.07, 6.45) is 1.72. The number of hydrogen-bond donors (Lipinski definition) is 1. The standard InChI is InChI=1S/C16H19NO/c1-18-16-10-6-5-9-14(16)12-15(17)11-13-7-3-2-4-8-13/h2-10,15H,11-12,17H2,1H3. The molecule has 94 valence electrons. The van der Waals surface area contributed by atoms with Crippen molar-refractivity contribution < 1.29 is 4.74 Å². The van der Waals surface area contributed by atoms with Gasteiger partial charge in [0.15, 0.2) is 0 Å². The quantitative estimate of drug-likeness (QED) is 0.873. The largest absolute Gasteiger partial charge is 0.496 e. The molecule has 0 saturated carbocycles. The topological polar surface area (TPSA) is 35.2 Å². The van der Waals surface area contributed by atoms with Gasteiger partial charge in [0, 0.05) is 6.04 Å². The van der Waals surface area contributed by atoms with E-state index in [4.69, 9.17) is 10.5 Å². The average Bonchev–Trinajstić information content (AvgIpc) is 2.40. The molecule has 0 fully saturated rings. The lowest BCUT2D eigenvalue weighted by molar-refractivity contribution is 0.408. The fourth-order valence-electron chi connectivity index (χ4n) is 2.14. The molecular weight excluding hydrogens is 222 g/mol. The summed E-state index contributed by atoms with van der Waals surface area (Å²) in [5.74, 6) is 0.918. The minimum absolute atomic E-state index is 0.115. The summed E-state index contributed by atoms with van der Waals surface area (Å²) in [4.78, 5) is 0. The summed E-state index contributed by atoms with van der Waals surface area (Å²) in [6, 6.07) is 18.5. The number of methoxy groups -OCH3 is 1. The van der Waals surface area contributed by atoms with Crippen LogP contribution in [0.3, 0.4) is 0 Å². The van der Waals surface area contributed by atoms with Gasteiger partial charge in [0.25, 0.3) is 0 Å². The van der Waals surface area contributed by atoms with E-state index in [2.05, 4.69) is 18.2 Å². The van der Waals surface area contributed by atoms with Crippen LogP contribution < -0.4 is 10.5 Å². The van der Waals surface area contributed by atoms with Crippen LogP contribution in [0, 0.1) is 0 Å². The highest BCUT2D eigenvalue weighted by molar-refractivity contribution is 5.34. The van der Waals surface area contributed by atoms with Gasteiger partial charge in [-0.15, -0.1) is 0 Å². The minimum Gasteiger partial charge on any atom is -0.496 e. The van der Waals surface area contributed by atoms with Gasteiger partial charge in [0.05, 0.1) is 7.11 Å². The van der Waals surface area contributed by atoms with E-state index in [-0.39, 0.29) is 6.04 Å². The van der Waals surface area contributed by atoms with Crippen molar-refractivity contribution in [1.29, 1.82) is 0 Å². The van der Waals surface area contributed by atoms with E-state index in [1.807, 2.05) is 36.4 Å². The van der Waals surface area contributed by atoms with Gasteiger partial charge in [-0.3, -0.25) is 0 Å². The molecule has 0 aliphatic rings. The van der Waals surface area contributed by atoms with Crippen molar-refractivity contribution in [3.05, 3.63) is 65.7 Å². The zero-order valence-corrected chi connectivity index (χ0v) is 10.7. The second kappa shape index (κ2) is 6.22. The highest BCUT2D eigenvalue weighted by Crippen LogP contribution is 2.19. The minimum atomic E-state index is 0.115. The van der Waals surface area contributed by atoms with Crippen LogP contribution in [-0.4, -0.2) is 13.2 Å². The Kier molecular flexibility index (Phi) is 4.37. The fourth-order valence-corrected chi connectivity index (χ4v) is 2.14. The van der Waals surface area contributed by atoms with Crippen molar-refractivity contribution >= 4 is 0 Å². The maximum absolute atomic E-state index is 6.21. The Morgan fingerprint density at radius 3 is 2.33 bits per heavy atom. The van der Waals surface area contributed by atoms with E-state index in [1.54, 1.807) is 7.11 Å². The number of hydrogen-bond acceptors (Lipinski definition) is 2. The maximum atomic E-state index is 6.21. The summed E-state index contributed by atoms with van der Waals surface area (Å²) >= 11 is 0. The van der Waals surface area contributed by atoms with Gasteiger partial charge in [0.1, 0.15) is 5.75 Å². The molecule has 0 heterocycles. The molecule has 0 aromatic heterocycles. The molecule has 1 unspecified atom stereocenters. The van der Waals surface area contributed by atoms with Crippen LogP contribution in [0.25, 0.3) is 0 Å². The Morgan fingerprint density at radius 1 is 0.944 bits per heavy atom. The molecule has 0 radical (unpaired) electrons. The molecule has 0 amide bonds. The van der Waals surface area contributed by atoms with Crippen LogP contribution in [0.5, 0.6) is 5.75 Å². The molecule has 18 heavy (non-hydrogen) atoms. The zero-order valence-electron chi connectivity index (χ0n) is 10.7. The van der Waals surface area contributed by atoms with Gasteiger partial charge >= 0.3 is 0 Å². The molecule has 2 N–H and O–H groups in total. The van der Waals surface area contributed by atoms with Crippen LogP contribution in [0.15, 0.2) is 54.6 Å². The van der Waals surface area contributed by atoms with Crippen molar-refractivity contribution in [3.63, 3.8) is 0 Å². The van der Waals surface area contributed by atoms with Crippen LogP contribution >= 0.6 is 0 Å². The van der Waals surface area contributed by atoms with E-state index < -0.39 is 0 Å². The number of nitrogens with two attached hydrogens (primary N) is 1. The Morgan fingerprint density at radius 2 is 1.61 bits per heavy atom. The van der Waals surface area contributed by atoms with Crippen LogP contribution in [0.2, 0.25) is 0 Å². The van der Waals surface area contributed by atoms with Crippen molar-refractivity contribution in [1.82, 2.24) is 0 Å². The first kappa shape index (κ1) is 12.7. The van der Waals surface area contributed by atoms with Crippen LogP contribution in [-0.2, 0) is 12.8 Å². The average molecular weight is 241 g/mol. The van der Waals surface area contributed by atoms with E-state index in [1.165, 1.54) is 11.1 Å². The summed E-state index contributed by atoms with van der Waals surface area (Å²) in [5.41, 5.74) is 8.65. The Hall–Kier alpha value is -1.80. The normalized spacial score (nSPS) is 12.1. The molecule has 2 rings (SSSR count). The van der Waals surface area contributed by atoms with Gasteiger partial charge in [0.2, 0.25) is 0 Å². The molecule has 2 nitrogen and oxygen atoms in total. The Balaban J connectivity index is 2.01. The van der Waals surface area contributed by atoms with Crippen molar-refractivity contribution in [3.8, 4) is 5.75 Å². The Bertz CT molecular complexity index is 481. The predicted molar refractivity (Wildman–Crippen MR) is 74.8 cm³/mol. The molecular formula is C16H19NO. The van der Waals surface area contributed by atoms with Gasteiger partial charge in [-0.2, -0.15) is 0 Å². The van der Waals surface area contributed by atoms with Gasteiger partial charge in [-0.25, -0.2) is 0 Å². The van der Waals surface area contributed by atoms with Crippen LogP contribution in [0.1, 0.15) is 11.1 Å². The lowest BCUT2D eigenvalue weighted by atomic mass is 9.99. The van der Waals surface area contributed by atoms with Gasteiger partial charge in [-0.1, -0.05) is 48.5 Å². The van der Waals surface area contributed by atoms with Gasteiger partial charge in [-0.05, 0) is 30.0 Å². The van der Waals surface area contributed by atoms with Crippen molar-refractivity contribution in [2.45, 2.75) is 18.9 Å². The molecule has 2 heteroatoms. The highest BCUT2D eigenvalue weighted by atomic mass is 16.5. The van der Waals surface area contributed by atoms with Crippen molar-refractivity contribution in [2.24, 2.45) is 5.73 Å². The summed E-state index contributed by atoms with van der Waals surface area (Å²) in [7, 11) is 1.70. The summed E-state index contributed by atoms with van der Waals surface area (Å²) < 4.78 is 5.34. The molecule has 0 saturated heterocycles. The number of rotatable bonds is 5. The first-order valence-corrected chi connectivity index (χ1v) is 6.21. The smallest absolute Gasteiger partial charge is 0.122 e. The first-order valence-electron chi connectivity index (χ1n) is 6.21. The number of benzene rings is 2.